The lowest BCUT2D eigenvalue weighted by molar-refractivity contribution is 0.174. The summed E-state index contributed by atoms with van der Waals surface area (Å²) in [6.45, 7) is 2.50. The van der Waals surface area contributed by atoms with Gasteiger partial charge in [-0.25, -0.2) is 0 Å². The highest BCUT2D eigenvalue weighted by atomic mass is 16.7. The van der Waals surface area contributed by atoms with Crippen molar-refractivity contribution in [3.05, 3.63) is 65.7 Å². The molecular weight excluding hydrogens is 248 g/mol. The molecule has 0 saturated carbocycles. The zero-order valence-corrected chi connectivity index (χ0v) is 11.6. The molecule has 0 radical (unpaired) electrons. The number of ether oxygens (including phenoxy) is 2. The molecule has 3 rings (SSSR count). The van der Waals surface area contributed by atoms with E-state index >= 15 is 0 Å². The van der Waals surface area contributed by atoms with Crippen LogP contribution in [0.4, 0.5) is 0 Å². The fraction of sp³-hybridized carbons (Fsp3) is 0.222. The fourth-order valence-corrected chi connectivity index (χ4v) is 2.37. The van der Waals surface area contributed by atoms with Gasteiger partial charge in [0.25, 0.3) is 0 Å². The molecular formula is C18H18O2. The largest absolute Gasteiger partial charge is 0.454 e. The van der Waals surface area contributed by atoms with Crippen molar-refractivity contribution in [2.45, 2.75) is 19.8 Å². The molecule has 0 spiro atoms. The van der Waals surface area contributed by atoms with Crippen molar-refractivity contribution in [3.63, 3.8) is 0 Å². The molecule has 2 nitrogen and oxygen atoms in total. The molecule has 1 aliphatic heterocycles. The van der Waals surface area contributed by atoms with Gasteiger partial charge in [-0.2, -0.15) is 0 Å². The summed E-state index contributed by atoms with van der Waals surface area (Å²) in [7, 11) is 0. The lowest BCUT2D eigenvalue weighted by atomic mass is 10.0. The molecule has 102 valence electrons. The zero-order valence-electron chi connectivity index (χ0n) is 11.6. The molecule has 0 amide bonds. The molecule has 20 heavy (non-hydrogen) atoms. The number of rotatable bonds is 4. The Kier molecular flexibility index (Phi) is 3.73. The third kappa shape index (κ3) is 2.85. The summed E-state index contributed by atoms with van der Waals surface area (Å²) in [5.41, 5.74) is 3.90. The van der Waals surface area contributed by atoms with E-state index in [1.54, 1.807) is 0 Å². The molecule has 0 fully saturated rings. The number of allylic oxidation sites excluding steroid dienone is 2. The van der Waals surface area contributed by atoms with Crippen molar-refractivity contribution in [3.8, 4) is 11.5 Å². The summed E-state index contributed by atoms with van der Waals surface area (Å²) in [6, 6.07) is 16.7. The Morgan fingerprint density at radius 1 is 1.05 bits per heavy atom. The first-order valence-corrected chi connectivity index (χ1v) is 6.93. The average molecular weight is 266 g/mol. The SMILES string of the molecule is C/C(=C\CCc1ccc2c(c1)OCO2)c1ccccc1. The summed E-state index contributed by atoms with van der Waals surface area (Å²) in [5, 5.41) is 0. The van der Waals surface area contributed by atoms with Crippen molar-refractivity contribution in [1.82, 2.24) is 0 Å². The number of benzene rings is 2. The molecule has 2 aromatic carbocycles. The minimum atomic E-state index is 0.339. The first-order valence-electron chi connectivity index (χ1n) is 6.93. The van der Waals surface area contributed by atoms with E-state index in [1.807, 2.05) is 12.1 Å². The summed E-state index contributed by atoms with van der Waals surface area (Å²) in [5.74, 6) is 1.72. The molecule has 1 aliphatic rings. The van der Waals surface area contributed by atoms with Gasteiger partial charge < -0.3 is 9.47 Å². The molecule has 0 unspecified atom stereocenters. The molecule has 0 bridgehead atoms. The van der Waals surface area contributed by atoms with Crippen LogP contribution in [0.1, 0.15) is 24.5 Å². The Morgan fingerprint density at radius 2 is 1.85 bits per heavy atom. The normalized spacial score (nSPS) is 13.6. The van der Waals surface area contributed by atoms with E-state index < -0.39 is 0 Å². The van der Waals surface area contributed by atoms with E-state index in [9.17, 15) is 0 Å². The highest BCUT2D eigenvalue weighted by Gasteiger charge is 2.12. The predicted octanol–water partition coefficient (Wildman–Crippen LogP) is 4.45. The second-order valence-electron chi connectivity index (χ2n) is 4.98. The molecule has 0 saturated heterocycles. The van der Waals surface area contributed by atoms with Crippen LogP contribution in [0.3, 0.4) is 0 Å². The van der Waals surface area contributed by atoms with Gasteiger partial charge in [0.1, 0.15) is 0 Å². The van der Waals surface area contributed by atoms with Crippen LogP contribution in [0.25, 0.3) is 5.57 Å². The summed E-state index contributed by atoms with van der Waals surface area (Å²) in [6.07, 6.45) is 4.33. The first kappa shape index (κ1) is 12.8. The second kappa shape index (κ2) is 5.83. The second-order valence-corrected chi connectivity index (χ2v) is 4.98. The van der Waals surface area contributed by atoms with Gasteiger partial charge in [0.15, 0.2) is 11.5 Å². The van der Waals surface area contributed by atoms with Crippen LogP contribution in [0, 0.1) is 0 Å². The molecule has 2 heteroatoms. The summed E-state index contributed by atoms with van der Waals surface area (Å²) in [4.78, 5) is 0. The maximum Gasteiger partial charge on any atom is 0.231 e. The molecule has 0 atom stereocenters. The van der Waals surface area contributed by atoms with Crippen LogP contribution >= 0.6 is 0 Å². The van der Waals surface area contributed by atoms with E-state index in [4.69, 9.17) is 9.47 Å². The van der Waals surface area contributed by atoms with Crippen molar-refractivity contribution >= 4 is 5.57 Å². The van der Waals surface area contributed by atoms with Crippen molar-refractivity contribution < 1.29 is 9.47 Å². The topological polar surface area (TPSA) is 18.5 Å². The predicted molar refractivity (Wildman–Crippen MR) is 81.0 cm³/mol. The molecule has 1 heterocycles. The van der Waals surface area contributed by atoms with Crippen molar-refractivity contribution in [1.29, 1.82) is 0 Å². The van der Waals surface area contributed by atoms with Crippen LogP contribution in [0.15, 0.2) is 54.6 Å². The van der Waals surface area contributed by atoms with Crippen LogP contribution < -0.4 is 9.47 Å². The maximum atomic E-state index is 5.40. The first-order chi connectivity index (χ1) is 9.83. The van der Waals surface area contributed by atoms with E-state index in [2.05, 4.69) is 49.4 Å². The Labute approximate surface area is 119 Å². The molecule has 0 aromatic heterocycles. The van der Waals surface area contributed by atoms with E-state index in [0.29, 0.717) is 6.79 Å². The third-order valence-electron chi connectivity index (χ3n) is 3.55. The molecule has 0 N–H and O–H groups in total. The van der Waals surface area contributed by atoms with Gasteiger partial charge in [-0.15, -0.1) is 0 Å². The summed E-state index contributed by atoms with van der Waals surface area (Å²) >= 11 is 0. The smallest absolute Gasteiger partial charge is 0.231 e. The summed E-state index contributed by atoms with van der Waals surface area (Å²) < 4.78 is 10.7. The lowest BCUT2D eigenvalue weighted by Gasteiger charge is -2.03. The highest BCUT2D eigenvalue weighted by molar-refractivity contribution is 5.63. The highest BCUT2D eigenvalue weighted by Crippen LogP contribution is 2.32. The van der Waals surface area contributed by atoms with E-state index in [1.165, 1.54) is 16.7 Å². The number of hydrogen-bond acceptors (Lipinski definition) is 2. The van der Waals surface area contributed by atoms with Crippen LogP contribution in [0.2, 0.25) is 0 Å². The van der Waals surface area contributed by atoms with Crippen molar-refractivity contribution in [2.24, 2.45) is 0 Å². The van der Waals surface area contributed by atoms with Crippen LogP contribution in [-0.4, -0.2) is 6.79 Å². The van der Waals surface area contributed by atoms with Gasteiger partial charge in [0, 0.05) is 0 Å². The quantitative estimate of drug-likeness (QED) is 0.814. The number of hydrogen-bond donors (Lipinski definition) is 0. The Hall–Kier alpha value is -2.22. The third-order valence-corrected chi connectivity index (χ3v) is 3.55. The van der Waals surface area contributed by atoms with Crippen molar-refractivity contribution in [2.75, 3.05) is 6.79 Å². The van der Waals surface area contributed by atoms with Gasteiger partial charge in [-0.3, -0.25) is 0 Å². The van der Waals surface area contributed by atoms with Gasteiger partial charge in [-0.1, -0.05) is 42.5 Å². The van der Waals surface area contributed by atoms with E-state index in [-0.39, 0.29) is 0 Å². The Morgan fingerprint density at radius 3 is 2.70 bits per heavy atom. The molecule has 0 aliphatic carbocycles. The monoisotopic (exact) mass is 266 g/mol. The molecule has 2 aromatic rings. The van der Waals surface area contributed by atoms with Gasteiger partial charge >= 0.3 is 0 Å². The van der Waals surface area contributed by atoms with Gasteiger partial charge in [0.2, 0.25) is 6.79 Å². The minimum absolute atomic E-state index is 0.339. The maximum absolute atomic E-state index is 5.40. The van der Waals surface area contributed by atoms with Crippen LogP contribution in [0.5, 0.6) is 11.5 Å². The van der Waals surface area contributed by atoms with Gasteiger partial charge in [-0.05, 0) is 48.6 Å². The standard InChI is InChI=1S/C18H18O2/c1-14(16-8-3-2-4-9-16)6-5-7-15-10-11-17-18(12-15)20-13-19-17/h2-4,6,8-12H,5,7,13H2,1H3/b14-6+. The average Bonchev–Trinajstić information content (AvgIpc) is 2.95. The van der Waals surface area contributed by atoms with Gasteiger partial charge in [0.05, 0.1) is 0 Å². The Balaban J connectivity index is 1.62. The lowest BCUT2D eigenvalue weighted by Crippen LogP contribution is -1.92. The van der Waals surface area contributed by atoms with Crippen LogP contribution in [-0.2, 0) is 6.42 Å². The fourth-order valence-electron chi connectivity index (χ4n) is 2.37. The minimum Gasteiger partial charge on any atom is -0.454 e. The van der Waals surface area contributed by atoms with E-state index in [0.717, 1.165) is 24.3 Å². The number of aryl methyl sites for hydroxylation is 1. The number of fused-ring (bicyclic) bond motifs is 1. The zero-order chi connectivity index (χ0) is 13.8. The Bertz CT molecular complexity index is 615.